The van der Waals surface area contributed by atoms with E-state index in [1.165, 1.54) is 6.20 Å². The monoisotopic (exact) mass is 290 g/mol. The lowest BCUT2D eigenvalue weighted by atomic mass is 10.1. The summed E-state index contributed by atoms with van der Waals surface area (Å²) in [5, 5.41) is 4.20. The number of ether oxygens (including phenoxy) is 2. The summed E-state index contributed by atoms with van der Waals surface area (Å²) < 4.78 is 11.4. The zero-order valence-corrected chi connectivity index (χ0v) is 11.9. The molecular formula is C12H16Cl2N2O2. The second-order valence-corrected chi connectivity index (χ2v) is 5.73. The van der Waals surface area contributed by atoms with Gasteiger partial charge < -0.3 is 14.8 Å². The van der Waals surface area contributed by atoms with Gasteiger partial charge in [-0.05, 0) is 19.9 Å². The minimum absolute atomic E-state index is 0.0118. The van der Waals surface area contributed by atoms with Crippen molar-refractivity contribution >= 4 is 23.2 Å². The lowest BCUT2D eigenvalue weighted by molar-refractivity contribution is -0.107. The molecule has 1 unspecified atom stereocenters. The minimum Gasteiger partial charge on any atom is -0.474 e. The van der Waals surface area contributed by atoms with E-state index in [4.69, 9.17) is 32.7 Å². The number of nitrogens with zero attached hydrogens (tertiary/aromatic N) is 1. The quantitative estimate of drug-likeness (QED) is 0.929. The molecule has 1 atom stereocenters. The molecule has 0 radical (unpaired) electrons. The van der Waals surface area contributed by atoms with Crippen LogP contribution in [-0.4, -0.2) is 36.4 Å². The molecule has 2 rings (SSSR count). The predicted octanol–water partition coefficient (Wildman–Crippen LogP) is 2.53. The normalized spacial score (nSPS) is 22.8. The molecule has 2 heterocycles. The van der Waals surface area contributed by atoms with Gasteiger partial charge in [0.15, 0.2) is 0 Å². The molecule has 1 aromatic rings. The Morgan fingerprint density at radius 3 is 3.00 bits per heavy atom. The standard InChI is InChI=1S/C12H16Cl2N2O2/c1-12(2)7-15-5-9(18-12)6-17-11-10(14)3-8(13)4-16-11/h3-4,9,15H,5-7H2,1-2H3. The van der Waals surface area contributed by atoms with Gasteiger partial charge in [0.2, 0.25) is 5.88 Å². The van der Waals surface area contributed by atoms with Crippen LogP contribution >= 0.6 is 23.2 Å². The molecule has 0 spiro atoms. The SMILES string of the molecule is CC1(C)CNCC(COc2ncc(Cl)cc2Cl)O1. The Balaban J connectivity index is 1.91. The van der Waals surface area contributed by atoms with Crippen molar-refractivity contribution in [2.45, 2.75) is 25.6 Å². The third-order valence-electron chi connectivity index (χ3n) is 2.59. The number of nitrogens with one attached hydrogen (secondary N) is 1. The van der Waals surface area contributed by atoms with Gasteiger partial charge in [-0.2, -0.15) is 0 Å². The molecular weight excluding hydrogens is 275 g/mol. The summed E-state index contributed by atoms with van der Waals surface area (Å²) in [6, 6.07) is 1.61. The molecule has 0 aliphatic carbocycles. The van der Waals surface area contributed by atoms with E-state index >= 15 is 0 Å². The van der Waals surface area contributed by atoms with E-state index in [1.807, 2.05) is 13.8 Å². The first kappa shape index (κ1) is 13.9. The lowest BCUT2D eigenvalue weighted by Crippen LogP contribution is -2.52. The number of hydrogen-bond donors (Lipinski definition) is 1. The van der Waals surface area contributed by atoms with Crippen molar-refractivity contribution in [3.05, 3.63) is 22.3 Å². The van der Waals surface area contributed by atoms with Crippen LogP contribution in [0.25, 0.3) is 0 Å². The fraction of sp³-hybridized carbons (Fsp3) is 0.583. The van der Waals surface area contributed by atoms with Crippen molar-refractivity contribution in [3.63, 3.8) is 0 Å². The fourth-order valence-electron chi connectivity index (χ4n) is 1.84. The predicted molar refractivity (Wildman–Crippen MR) is 71.6 cm³/mol. The van der Waals surface area contributed by atoms with Gasteiger partial charge in [-0.3, -0.25) is 0 Å². The van der Waals surface area contributed by atoms with Crippen LogP contribution in [0.2, 0.25) is 10.0 Å². The van der Waals surface area contributed by atoms with Crippen LogP contribution < -0.4 is 10.1 Å². The van der Waals surface area contributed by atoms with Crippen molar-refractivity contribution in [2.24, 2.45) is 0 Å². The molecule has 1 saturated heterocycles. The van der Waals surface area contributed by atoms with Gasteiger partial charge in [-0.1, -0.05) is 23.2 Å². The Kier molecular flexibility index (Phi) is 4.33. The Morgan fingerprint density at radius 2 is 2.33 bits per heavy atom. The van der Waals surface area contributed by atoms with Gasteiger partial charge in [0.1, 0.15) is 17.7 Å². The first-order valence-electron chi connectivity index (χ1n) is 5.79. The highest BCUT2D eigenvalue weighted by Gasteiger charge is 2.28. The maximum absolute atomic E-state index is 5.97. The van der Waals surface area contributed by atoms with Gasteiger partial charge in [0.25, 0.3) is 0 Å². The number of morpholine rings is 1. The molecule has 4 nitrogen and oxygen atoms in total. The third kappa shape index (κ3) is 3.72. The van der Waals surface area contributed by atoms with Crippen molar-refractivity contribution < 1.29 is 9.47 Å². The van der Waals surface area contributed by atoms with Crippen molar-refractivity contribution in [1.29, 1.82) is 0 Å². The summed E-state index contributed by atoms with van der Waals surface area (Å²) in [5.74, 6) is 0.382. The van der Waals surface area contributed by atoms with E-state index in [9.17, 15) is 0 Å². The van der Waals surface area contributed by atoms with E-state index in [0.29, 0.717) is 22.5 Å². The summed E-state index contributed by atoms with van der Waals surface area (Å²) in [4.78, 5) is 4.04. The molecule has 18 heavy (non-hydrogen) atoms. The van der Waals surface area contributed by atoms with Crippen LogP contribution in [0.5, 0.6) is 5.88 Å². The van der Waals surface area contributed by atoms with Crippen molar-refractivity contribution in [2.75, 3.05) is 19.7 Å². The Morgan fingerprint density at radius 1 is 1.56 bits per heavy atom. The molecule has 1 N–H and O–H groups in total. The maximum atomic E-state index is 5.97. The zero-order valence-electron chi connectivity index (χ0n) is 10.4. The molecule has 1 aromatic heterocycles. The van der Waals surface area contributed by atoms with Crippen LogP contribution in [0.15, 0.2) is 12.3 Å². The first-order chi connectivity index (χ1) is 8.46. The maximum Gasteiger partial charge on any atom is 0.232 e. The van der Waals surface area contributed by atoms with E-state index in [0.717, 1.165) is 13.1 Å². The van der Waals surface area contributed by atoms with Crippen LogP contribution in [0.3, 0.4) is 0 Å². The fourth-order valence-corrected chi connectivity index (χ4v) is 2.28. The zero-order chi connectivity index (χ0) is 13.2. The highest BCUT2D eigenvalue weighted by Crippen LogP contribution is 2.25. The van der Waals surface area contributed by atoms with E-state index in [1.54, 1.807) is 6.07 Å². The molecule has 0 saturated carbocycles. The molecule has 0 bridgehead atoms. The van der Waals surface area contributed by atoms with E-state index < -0.39 is 0 Å². The summed E-state index contributed by atoms with van der Waals surface area (Å²) in [5.41, 5.74) is -0.177. The van der Waals surface area contributed by atoms with Gasteiger partial charge in [-0.15, -0.1) is 0 Å². The van der Waals surface area contributed by atoms with Crippen molar-refractivity contribution in [1.82, 2.24) is 10.3 Å². The first-order valence-corrected chi connectivity index (χ1v) is 6.54. The van der Waals surface area contributed by atoms with Crippen LogP contribution in [-0.2, 0) is 4.74 Å². The Hall–Kier alpha value is -0.550. The summed E-state index contributed by atoms with van der Waals surface area (Å²) in [6.45, 7) is 6.09. The molecule has 0 amide bonds. The number of aromatic nitrogens is 1. The number of rotatable bonds is 3. The number of pyridine rings is 1. The van der Waals surface area contributed by atoms with E-state index in [-0.39, 0.29) is 11.7 Å². The second kappa shape index (κ2) is 5.61. The molecule has 6 heteroatoms. The summed E-state index contributed by atoms with van der Waals surface area (Å²) in [7, 11) is 0. The average Bonchev–Trinajstić information content (AvgIpc) is 2.26. The van der Waals surface area contributed by atoms with E-state index in [2.05, 4.69) is 10.3 Å². The topological polar surface area (TPSA) is 43.4 Å². The number of hydrogen-bond acceptors (Lipinski definition) is 4. The second-order valence-electron chi connectivity index (χ2n) is 4.88. The third-order valence-corrected chi connectivity index (χ3v) is 3.07. The minimum atomic E-state index is -0.177. The summed E-state index contributed by atoms with van der Waals surface area (Å²) in [6.07, 6.45) is 1.49. The molecule has 1 aliphatic rings. The van der Waals surface area contributed by atoms with Crippen LogP contribution in [0, 0.1) is 0 Å². The summed E-state index contributed by atoms with van der Waals surface area (Å²) >= 11 is 11.7. The lowest BCUT2D eigenvalue weighted by Gasteiger charge is -2.36. The smallest absolute Gasteiger partial charge is 0.232 e. The highest BCUT2D eigenvalue weighted by molar-refractivity contribution is 6.35. The largest absolute Gasteiger partial charge is 0.474 e. The Bertz CT molecular complexity index is 427. The molecule has 0 aromatic carbocycles. The highest BCUT2D eigenvalue weighted by atomic mass is 35.5. The van der Waals surface area contributed by atoms with Gasteiger partial charge in [0, 0.05) is 19.3 Å². The van der Waals surface area contributed by atoms with Crippen molar-refractivity contribution in [3.8, 4) is 5.88 Å². The van der Waals surface area contributed by atoms with Gasteiger partial charge in [0.05, 0.1) is 10.6 Å². The number of halogens is 2. The molecule has 1 aliphatic heterocycles. The average molecular weight is 291 g/mol. The van der Waals surface area contributed by atoms with Crippen LogP contribution in [0.1, 0.15) is 13.8 Å². The molecule has 100 valence electrons. The van der Waals surface area contributed by atoms with Gasteiger partial charge in [-0.25, -0.2) is 4.98 Å². The van der Waals surface area contributed by atoms with Gasteiger partial charge >= 0.3 is 0 Å². The van der Waals surface area contributed by atoms with Crippen LogP contribution in [0.4, 0.5) is 0 Å². The Labute approximate surface area is 117 Å². The molecule has 1 fully saturated rings.